The number of benzene rings is 2. The highest BCUT2D eigenvalue weighted by Gasteiger charge is 2.30. The molecule has 2 aromatic carbocycles. The summed E-state index contributed by atoms with van der Waals surface area (Å²) in [6.07, 6.45) is -3.13. The van der Waals surface area contributed by atoms with E-state index >= 15 is 0 Å². The highest BCUT2D eigenvalue weighted by atomic mass is 35.5. The van der Waals surface area contributed by atoms with Crippen LogP contribution in [-0.2, 0) is 27.0 Å². The van der Waals surface area contributed by atoms with Crippen LogP contribution in [-0.4, -0.2) is 27.8 Å². The molecule has 1 heterocycles. The molecule has 0 aliphatic heterocycles. The van der Waals surface area contributed by atoms with E-state index in [2.05, 4.69) is 10.4 Å². The van der Waals surface area contributed by atoms with Crippen molar-refractivity contribution in [3.63, 3.8) is 0 Å². The third-order valence-corrected chi connectivity index (χ3v) is 6.02. The van der Waals surface area contributed by atoms with E-state index in [1.165, 1.54) is 25.1 Å². The highest BCUT2D eigenvalue weighted by Crippen LogP contribution is 2.31. The number of anilines is 1. The van der Waals surface area contributed by atoms with Crippen LogP contribution in [0.15, 0.2) is 48.5 Å². The fourth-order valence-electron chi connectivity index (χ4n) is 3.37. The number of esters is 1. The molecule has 0 fully saturated rings. The molecular weight excluding hydrogens is 518 g/mol. The molecule has 0 aliphatic rings. The molecule has 1 N–H and O–H groups in total. The van der Waals surface area contributed by atoms with Gasteiger partial charge in [0.1, 0.15) is 0 Å². The summed E-state index contributed by atoms with van der Waals surface area (Å²) in [5, 5.41) is 7.80. The second-order valence-corrected chi connectivity index (χ2v) is 8.74. The zero-order valence-corrected chi connectivity index (χ0v) is 21.0. The maximum atomic E-state index is 12.9. The average Bonchev–Trinajstić information content (AvgIpc) is 3.06. The van der Waals surface area contributed by atoms with Crippen molar-refractivity contribution in [3.05, 3.63) is 86.7 Å². The van der Waals surface area contributed by atoms with Gasteiger partial charge in [-0.15, -0.1) is 0 Å². The Labute approximate surface area is 215 Å². The number of rotatable bonds is 7. The number of hydrogen-bond donors (Lipinski definition) is 1. The van der Waals surface area contributed by atoms with Crippen LogP contribution in [0, 0.1) is 13.8 Å². The van der Waals surface area contributed by atoms with Gasteiger partial charge >= 0.3 is 12.1 Å². The molecular formula is C25H22Cl2F3N3O3. The predicted octanol–water partition coefficient (Wildman–Crippen LogP) is 6.46. The van der Waals surface area contributed by atoms with Gasteiger partial charge in [0.25, 0.3) is 5.91 Å². The first kappa shape index (κ1) is 27.3. The number of aryl methyl sites for hydroxylation is 1. The fourth-order valence-corrected chi connectivity index (χ4v) is 3.89. The lowest BCUT2D eigenvalue weighted by Crippen LogP contribution is -2.29. The van der Waals surface area contributed by atoms with Crippen LogP contribution in [0.3, 0.4) is 0 Å². The Kier molecular flexibility index (Phi) is 8.47. The summed E-state index contributed by atoms with van der Waals surface area (Å²) in [5.74, 6) is -1.57. The summed E-state index contributed by atoms with van der Waals surface area (Å²) in [4.78, 5) is 24.6. The number of hydrogen-bond acceptors (Lipinski definition) is 4. The molecule has 1 aromatic heterocycles. The van der Waals surface area contributed by atoms with Gasteiger partial charge in [0, 0.05) is 38.6 Å². The molecule has 1 atom stereocenters. The summed E-state index contributed by atoms with van der Waals surface area (Å²) in [6.45, 7) is 5.24. The average molecular weight is 540 g/mol. The highest BCUT2D eigenvalue weighted by molar-refractivity contribution is 6.36. The van der Waals surface area contributed by atoms with Gasteiger partial charge in [0.15, 0.2) is 6.10 Å². The van der Waals surface area contributed by atoms with E-state index in [-0.39, 0.29) is 5.69 Å². The number of nitrogens with zero attached hydrogens (tertiary/aromatic N) is 2. The second-order valence-electron chi connectivity index (χ2n) is 7.92. The van der Waals surface area contributed by atoms with E-state index in [0.717, 1.165) is 23.9 Å². The monoisotopic (exact) mass is 539 g/mol. The minimum absolute atomic E-state index is 0.0643. The van der Waals surface area contributed by atoms with E-state index in [4.69, 9.17) is 27.9 Å². The molecule has 0 spiro atoms. The maximum Gasteiger partial charge on any atom is 0.416 e. The molecule has 0 unspecified atom stereocenters. The van der Waals surface area contributed by atoms with Gasteiger partial charge in [-0.25, -0.2) is 4.79 Å². The number of halogens is 5. The summed E-state index contributed by atoms with van der Waals surface area (Å²) < 4.78 is 45.4. The van der Waals surface area contributed by atoms with E-state index in [9.17, 15) is 22.8 Å². The maximum absolute atomic E-state index is 12.9. The van der Waals surface area contributed by atoms with Crippen molar-refractivity contribution in [2.45, 2.75) is 39.6 Å². The van der Waals surface area contributed by atoms with Crippen molar-refractivity contribution in [2.24, 2.45) is 0 Å². The number of carbonyl (C=O) groups is 2. The topological polar surface area (TPSA) is 73.2 Å². The normalized spacial score (nSPS) is 12.6. The zero-order chi connectivity index (χ0) is 26.6. The van der Waals surface area contributed by atoms with Crippen LogP contribution in [0.1, 0.15) is 35.0 Å². The summed E-state index contributed by atoms with van der Waals surface area (Å²) in [6, 6.07) is 9.37. The molecule has 0 aliphatic carbocycles. The largest absolute Gasteiger partial charge is 0.449 e. The number of amides is 1. The molecule has 1 amide bonds. The lowest BCUT2D eigenvalue weighted by atomic mass is 10.1. The van der Waals surface area contributed by atoms with Crippen LogP contribution in [0.2, 0.25) is 10.0 Å². The molecule has 36 heavy (non-hydrogen) atoms. The van der Waals surface area contributed by atoms with Crippen LogP contribution in [0.5, 0.6) is 0 Å². The first-order chi connectivity index (χ1) is 16.9. The number of ether oxygens (including phenoxy) is 1. The first-order valence-corrected chi connectivity index (χ1v) is 11.5. The Balaban J connectivity index is 1.64. The smallest absolute Gasteiger partial charge is 0.416 e. The van der Waals surface area contributed by atoms with Crippen molar-refractivity contribution in [2.75, 3.05) is 5.32 Å². The van der Waals surface area contributed by atoms with E-state index in [1.54, 1.807) is 29.8 Å². The van der Waals surface area contributed by atoms with Gasteiger partial charge in [-0.1, -0.05) is 35.3 Å². The molecule has 3 aromatic rings. The number of carbonyl (C=O) groups excluding carboxylic acids is 2. The van der Waals surface area contributed by atoms with Crippen molar-refractivity contribution >= 4 is 46.8 Å². The molecule has 6 nitrogen and oxygen atoms in total. The molecule has 0 saturated carbocycles. The zero-order valence-electron chi connectivity index (χ0n) is 19.5. The van der Waals surface area contributed by atoms with E-state index in [1.807, 2.05) is 6.92 Å². The Morgan fingerprint density at radius 3 is 2.42 bits per heavy atom. The summed E-state index contributed by atoms with van der Waals surface area (Å²) >= 11 is 12.5. The molecule has 0 radical (unpaired) electrons. The third kappa shape index (κ3) is 6.67. The number of alkyl halides is 3. The van der Waals surface area contributed by atoms with Gasteiger partial charge in [0.2, 0.25) is 0 Å². The van der Waals surface area contributed by atoms with Crippen LogP contribution >= 0.6 is 23.2 Å². The fraction of sp³-hybridized carbons (Fsp3) is 0.240. The molecule has 0 saturated heterocycles. The molecule has 3 rings (SSSR count). The molecule has 0 bridgehead atoms. The summed E-state index contributed by atoms with van der Waals surface area (Å²) in [7, 11) is 0. The van der Waals surface area contributed by atoms with Crippen LogP contribution in [0.25, 0.3) is 6.08 Å². The van der Waals surface area contributed by atoms with Crippen LogP contribution in [0.4, 0.5) is 18.9 Å². The Morgan fingerprint density at radius 1 is 1.14 bits per heavy atom. The minimum atomic E-state index is -4.55. The van der Waals surface area contributed by atoms with Gasteiger partial charge in [0.05, 0.1) is 17.8 Å². The molecule has 190 valence electrons. The first-order valence-electron chi connectivity index (χ1n) is 10.7. The van der Waals surface area contributed by atoms with Crippen molar-refractivity contribution in [3.8, 4) is 0 Å². The Morgan fingerprint density at radius 2 is 1.78 bits per heavy atom. The van der Waals surface area contributed by atoms with E-state index in [0.29, 0.717) is 33.4 Å². The number of nitrogens with one attached hydrogen (secondary N) is 1. The van der Waals surface area contributed by atoms with Crippen molar-refractivity contribution in [1.29, 1.82) is 0 Å². The SMILES string of the molecule is Cc1nn(Cc2c(Cl)cccc2Cl)c(C)c1/C=C/C(=O)O[C@@H](C)C(=O)Nc1cccc(C(F)(F)F)c1. The summed E-state index contributed by atoms with van der Waals surface area (Å²) in [5.41, 5.74) is 1.82. The predicted molar refractivity (Wildman–Crippen MR) is 132 cm³/mol. The standard InChI is InChI=1S/C25H22Cl2F3N3O3/c1-14-19(15(2)33(32-14)13-20-21(26)8-5-9-22(20)27)10-11-23(34)36-16(3)24(35)31-18-7-4-6-17(12-18)25(28,29)30/h4-12,16H,13H2,1-3H3,(H,31,35)/b11-10+/t16-/m0/s1. The number of aromatic nitrogens is 2. The minimum Gasteiger partial charge on any atom is -0.449 e. The third-order valence-electron chi connectivity index (χ3n) is 5.31. The van der Waals surface area contributed by atoms with Crippen molar-refractivity contribution in [1.82, 2.24) is 9.78 Å². The molecule has 11 heteroatoms. The van der Waals surface area contributed by atoms with Crippen molar-refractivity contribution < 1.29 is 27.5 Å². The quantitative estimate of drug-likeness (QED) is 0.276. The lowest BCUT2D eigenvalue weighted by Gasteiger charge is -2.13. The van der Waals surface area contributed by atoms with E-state index < -0.39 is 29.7 Å². The van der Waals surface area contributed by atoms with Gasteiger partial charge < -0.3 is 10.1 Å². The van der Waals surface area contributed by atoms with Gasteiger partial charge in [-0.3, -0.25) is 9.48 Å². The van der Waals surface area contributed by atoms with Gasteiger partial charge in [-0.2, -0.15) is 18.3 Å². The van der Waals surface area contributed by atoms with Crippen LogP contribution < -0.4 is 5.32 Å². The van der Waals surface area contributed by atoms with Gasteiger partial charge in [-0.05, 0) is 57.2 Å². The Hall–Kier alpha value is -3.30. The Bertz CT molecular complexity index is 1300. The lowest BCUT2D eigenvalue weighted by molar-refractivity contribution is -0.148. The second kappa shape index (κ2) is 11.2.